The Kier molecular flexibility index (Phi) is 5.38. The Bertz CT molecular complexity index is 461. The van der Waals surface area contributed by atoms with Crippen LogP contribution >= 0.6 is 0 Å². The summed E-state index contributed by atoms with van der Waals surface area (Å²) in [5.41, 5.74) is 0. The fraction of sp³-hybridized carbons (Fsp3) is 0.933. The number of aliphatic hydroxyl groups is 1. The minimum Gasteiger partial charge on any atom is -0.395 e. The van der Waals surface area contributed by atoms with Crippen LogP contribution < -0.4 is 0 Å². The minimum atomic E-state index is 0.213. The van der Waals surface area contributed by atoms with Gasteiger partial charge in [0.2, 0.25) is 0 Å². The number of hydrogen-bond donors (Lipinski definition) is 1. The van der Waals surface area contributed by atoms with Crippen LogP contribution in [0.1, 0.15) is 57.3 Å². The second kappa shape index (κ2) is 7.48. The fourth-order valence-electron chi connectivity index (χ4n) is 3.80. The molecule has 1 aromatic rings. The number of aliphatic hydroxyl groups excluding tert-OH is 1. The van der Waals surface area contributed by atoms with Crippen molar-refractivity contribution in [2.45, 2.75) is 70.1 Å². The Morgan fingerprint density at radius 1 is 1.23 bits per heavy atom. The molecule has 1 aromatic heterocycles. The molecule has 0 saturated carbocycles. The molecule has 3 rings (SSSR count). The summed E-state index contributed by atoms with van der Waals surface area (Å²) in [7, 11) is 0. The molecule has 2 fully saturated rings. The van der Waals surface area contributed by atoms with E-state index in [0.29, 0.717) is 6.04 Å². The number of likely N-dealkylation sites (tertiary alicyclic amines) is 1. The van der Waals surface area contributed by atoms with Gasteiger partial charge in [-0.2, -0.15) is 0 Å². The molecule has 0 aromatic carbocycles. The molecule has 0 aliphatic carbocycles. The summed E-state index contributed by atoms with van der Waals surface area (Å²) in [5.74, 6) is 0.968. The fourth-order valence-corrected chi connectivity index (χ4v) is 3.80. The first kappa shape index (κ1) is 15.8. The number of aryl methyl sites for hydroxylation is 1. The van der Waals surface area contributed by atoms with E-state index in [9.17, 15) is 5.11 Å². The van der Waals surface area contributed by atoms with Gasteiger partial charge in [0.15, 0.2) is 5.82 Å². The van der Waals surface area contributed by atoms with Crippen LogP contribution in [0.3, 0.4) is 0 Å². The van der Waals surface area contributed by atoms with Crippen molar-refractivity contribution >= 4 is 0 Å². The molecule has 7 nitrogen and oxygen atoms in total. The Morgan fingerprint density at radius 2 is 2.05 bits per heavy atom. The van der Waals surface area contributed by atoms with Crippen LogP contribution in [0.5, 0.6) is 0 Å². The average Bonchev–Trinajstić information content (AvgIpc) is 3.19. The van der Waals surface area contributed by atoms with Crippen LogP contribution in [0.15, 0.2) is 0 Å². The SMILES string of the molecule is CCCCn1nnnc1[C@@H]1CC[C@@H](CO)N1C1CCOCC1. The molecule has 0 radical (unpaired) electrons. The lowest BCUT2D eigenvalue weighted by Gasteiger charge is -2.38. The number of tetrazole rings is 1. The van der Waals surface area contributed by atoms with Crippen molar-refractivity contribution in [1.29, 1.82) is 0 Å². The third-order valence-electron chi connectivity index (χ3n) is 4.96. The molecule has 0 amide bonds. The number of aromatic nitrogens is 4. The monoisotopic (exact) mass is 309 g/mol. The summed E-state index contributed by atoms with van der Waals surface area (Å²) in [6, 6.07) is 0.922. The summed E-state index contributed by atoms with van der Waals surface area (Å²) >= 11 is 0. The summed E-state index contributed by atoms with van der Waals surface area (Å²) in [6.07, 6.45) is 6.32. The Labute approximate surface area is 131 Å². The van der Waals surface area contributed by atoms with E-state index in [0.717, 1.165) is 64.1 Å². The van der Waals surface area contributed by atoms with Gasteiger partial charge in [-0.15, -0.1) is 5.10 Å². The highest BCUT2D eigenvalue weighted by molar-refractivity contribution is 5.02. The molecule has 2 aliphatic heterocycles. The molecule has 0 unspecified atom stereocenters. The molecule has 124 valence electrons. The highest BCUT2D eigenvalue weighted by Crippen LogP contribution is 2.38. The van der Waals surface area contributed by atoms with Gasteiger partial charge in [-0.1, -0.05) is 13.3 Å². The van der Waals surface area contributed by atoms with Crippen LogP contribution in [0.25, 0.3) is 0 Å². The van der Waals surface area contributed by atoms with Gasteiger partial charge in [-0.3, -0.25) is 4.90 Å². The third kappa shape index (κ3) is 3.16. The Morgan fingerprint density at radius 3 is 2.77 bits per heavy atom. The number of nitrogens with zero attached hydrogens (tertiary/aromatic N) is 5. The van der Waals surface area contributed by atoms with Gasteiger partial charge in [-0.05, 0) is 42.5 Å². The predicted octanol–water partition coefficient (Wildman–Crippen LogP) is 1.15. The highest BCUT2D eigenvalue weighted by Gasteiger charge is 2.41. The van der Waals surface area contributed by atoms with Crippen LogP contribution in [-0.2, 0) is 11.3 Å². The Balaban J connectivity index is 1.80. The first-order valence-electron chi connectivity index (χ1n) is 8.57. The van der Waals surface area contributed by atoms with Crippen LogP contribution in [-0.4, -0.2) is 62.1 Å². The van der Waals surface area contributed by atoms with E-state index in [4.69, 9.17) is 4.74 Å². The zero-order valence-electron chi connectivity index (χ0n) is 13.4. The maximum absolute atomic E-state index is 9.76. The van der Waals surface area contributed by atoms with E-state index in [1.165, 1.54) is 0 Å². The van der Waals surface area contributed by atoms with Crippen molar-refractivity contribution < 1.29 is 9.84 Å². The van der Waals surface area contributed by atoms with Crippen molar-refractivity contribution in [3.63, 3.8) is 0 Å². The molecule has 1 N–H and O–H groups in total. The zero-order valence-corrected chi connectivity index (χ0v) is 13.4. The van der Waals surface area contributed by atoms with Gasteiger partial charge < -0.3 is 9.84 Å². The maximum atomic E-state index is 9.76. The molecule has 0 bridgehead atoms. The number of unbranched alkanes of at least 4 members (excludes halogenated alkanes) is 1. The smallest absolute Gasteiger partial charge is 0.168 e. The topological polar surface area (TPSA) is 76.3 Å². The van der Waals surface area contributed by atoms with Gasteiger partial charge in [-0.25, -0.2) is 4.68 Å². The summed E-state index contributed by atoms with van der Waals surface area (Å²) in [5, 5.41) is 22.1. The molecular weight excluding hydrogens is 282 g/mol. The number of ether oxygens (including phenoxy) is 1. The quantitative estimate of drug-likeness (QED) is 0.849. The lowest BCUT2D eigenvalue weighted by atomic mass is 10.0. The van der Waals surface area contributed by atoms with Crippen LogP contribution in [0.2, 0.25) is 0 Å². The van der Waals surface area contributed by atoms with Gasteiger partial charge in [0, 0.05) is 31.8 Å². The summed E-state index contributed by atoms with van der Waals surface area (Å²) < 4.78 is 7.45. The molecule has 2 saturated heterocycles. The molecule has 2 aliphatic rings. The van der Waals surface area contributed by atoms with E-state index in [1.54, 1.807) is 0 Å². The molecule has 7 heteroatoms. The number of hydrogen-bond acceptors (Lipinski definition) is 6. The first-order chi connectivity index (χ1) is 10.8. The van der Waals surface area contributed by atoms with Crippen molar-refractivity contribution in [3.05, 3.63) is 5.82 Å². The van der Waals surface area contributed by atoms with Crippen molar-refractivity contribution in [2.24, 2.45) is 0 Å². The molecule has 3 heterocycles. The minimum absolute atomic E-state index is 0.213. The number of rotatable bonds is 6. The van der Waals surface area contributed by atoms with E-state index < -0.39 is 0 Å². The van der Waals surface area contributed by atoms with Crippen molar-refractivity contribution in [3.8, 4) is 0 Å². The zero-order chi connectivity index (χ0) is 15.4. The van der Waals surface area contributed by atoms with E-state index in [1.807, 2.05) is 4.68 Å². The van der Waals surface area contributed by atoms with E-state index >= 15 is 0 Å². The summed E-state index contributed by atoms with van der Waals surface area (Å²) in [6.45, 7) is 4.89. The van der Waals surface area contributed by atoms with Gasteiger partial charge in [0.1, 0.15) is 0 Å². The normalized spacial score (nSPS) is 27.5. The van der Waals surface area contributed by atoms with Crippen molar-refractivity contribution in [2.75, 3.05) is 19.8 Å². The maximum Gasteiger partial charge on any atom is 0.168 e. The molecule has 22 heavy (non-hydrogen) atoms. The van der Waals surface area contributed by atoms with Gasteiger partial charge >= 0.3 is 0 Å². The van der Waals surface area contributed by atoms with E-state index in [2.05, 4.69) is 27.3 Å². The lowest BCUT2D eigenvalue weighted by Crippen LogP contribution is -2.45. The molecular formula is C15H27N5O2. The van der Waals surface area contributed by atoms with Crippen LogP contribution in [0.4, 0.5) is 0 Å². The second-order valence-corrected chi connectivity index (χ2v) is 6.33. The molecule has 0 spiro atoms. The Hall–Kier alpha value is -1.05. The van der Waals surface area contributed by atoms with Gasteiger partial charge in [0.25, 0.3) is 0 Å². The third-order valence-corrected chi connectivity index (χ3v) is 4.96. The molecule has 2 atom stereocenters. The van der Waals surface area contributed by atoms with Gasteiger partial charge in [0.05, 0.1) is 12.6 Å². The average molecular weight is 309 g/mol. The summed E-state index contributed by atoms with van der Waals surface area (Å²) in [4.78, 5) is 2.47. The first-order valence-corrected chi connectivity index (χ1v) is 8.57. The van der Waals surface area contributed by atoms with E-state index in [-0.39, 0.29) is 18.7 Å². The standard InChI is InChI=1S/C15H27N5O2/c1-2-3-8-19-15(16-17-18-19)14-5-4-13(11-21)20(14)12-6-9-22-10-7-12/h12-14,21H,2-11H2,1H3/t13-,14-/m0/s1. The lowest BCUT2D eigenvalue weighted by molar-refractivity contribution is 0.000672. The largest absolute Gasteiger partial charge is 0.395 e. The van der Waals surface area contributed by atoms with Crippen LogP contribution in [0, 0.1) is 0 Å². The second-order valence-electron chi connectivity index (χ2n) is 6.33. The highest BCUT2D eigenvalue weighted by atomic mass is 16.5. The van der Waals surface area contributed by atoms with Crippen molar-refractivity contribution in [1.82, 2.24) is 25.1 Å². The predicted molar refractivity (Wildman–Crippen MR) is 81.3 cm³/mol.